The number of carbonyl (C=O) groups excluding carboxylic acids is 3. The molecule has 1 fully saturated rings. The summed E-state index contributed by atoms with van der Waals surface area (Å²) in [5.74, 6) is -1.53. The Bertz CT molecular complexity index is 960. The van der Waals surface area contributed by atoms with Gasteiger partial charge in [-0.15, -0.1) is 0 Å². The van der Waals surface area contributed by atoms with Crippen LogP contribution in [0.4, 0.5) is 10.1 Å². The van der Waals surface area contributed by atoms with Crippen LogP contribution in [0.2, 0.25) is 0 Å². The van der Waals surface area contributed by atoms with Crippen molar-refractivity contribution in [3.8, 4) is 0 Å². The van der Waals surface area contributed by atoms with E-state index in [1.54, 1.807) is 36.1 Å². The molecule has 6 nitrogen and oxygen atoms in total. The largest absolute Gasteiger partial charge is 0.370 e. The Morgan fingerprint density at radius 1 is 1.13 bits per heavy atom. The minimum atomic E-state index is -0.621. The van der Waals surface area contributed by atoms with Gasteiger partial charge in [-0.25, -0.2) is 4.39 Å². The van der Waals surface area contributed by atoms with E-state index in [1.165, 1.54) is 18.2 Å². The monoisotopic (exact) mass is 411 g/mol. The van der Waals surface area contributed by atoms with Gasteiger partial charge < -0.3 is 16.0 Å². The van der Waals surface area contributed by atoms with Gasteiger partial charge in [-0.2, -0.15) is 0 Å². The van der Waals surface area contributed by atoms with E-state index in [2.05, 4.69) is 5.32 Å². The zero-order valence-corrected chi connectivity index (χ0v) is 17.0. The molecule has 0 bridgehead atoms. The van der Waals surface area contributed by atoms with E-state index in [9.17, 15) is 18.8 Å². The number of primary amides is 1. The van der Waals surface area contributed by atoms with Gasteiger partial charge in [0.1, 0.15) is 5.82 Å². The number of aryl methyl sites for hydroxylation is 1. The van der Waals surface area contributed by atoms with Crippen molar-refractivity contribution in [1.29, 1.82) is 0 Å². The standard InChI is InChI=1S/C23H26FN3O3/c1-15-6-4-9-18(21(15)26-22(29)17-8-2-3-10-19(17)24)23(30)27-13-5-7-16(14-27)11-12-20(25)28/h2-4,6,8-10,16H,5,7,11-14H2,1H3,(H2,25,28)(H,26,29). The molecule has 0 aliphatic carbocycles. The molecule has 1 aliphatic heterocycles. The minimum Gasteiger partial charge on any atom is -0.370 e. The molecule has 3 rings (SSSR count). The second-order valence-electron chi connectivity index (χ2n) is 7.70. The number of likely N-dealkylation sites (tertiary alicyclic amines) is 1. The maximum atomic E-state index is 14.0. The Hall–Kier alpha value is -3.22. The molecule has 1 unspecified atom stereocenters. The summed E-state index contributed by atoms with van der Waals surface area (Å²) in [6.07, 6.45) is 2.75. The Labute approximate surface area is 175 Å². The van der Waals surface area contributed by atoms with Crippen molar-refractivity contribution in [3.05, 3.63) is 65.0 Å². The SMILES string of the molecule is Cc1cccc(C(=O)N2CCCC(CCC(N)=O)C2)c1NC(=O)c1ccccc1F. The van der Waals surface area contributed by atoms with Crippen molar-refractivity contribution in [2.75, 3.05) is 18.4 Å². The van der Waals surface area contributed by atoms with Crippen LogP contribution in [-0.2, 0) is 4.79 Å². The molecule has 1 atom stereocenters. The predicted octanol–water partition coefficient (Wildman–Crippen LogP) is 3.50. The first-order valence-electron chi connectivity index (χ1n) is 10.1. The summed E-state index contributed by atoms with van der Waals surface area (Å²) in [4.78, 5) is 38.7. The maximum Gasteiger partial charge on any atom is 0.258 e. The fraction of sp³-hybridized carbons (Fsp3) is 0.348. The van der Waals surface area contributed by atoms with Crippen LogP contribution in [0.15, 0.2) is 42.5 Å². The summed E-state index contributed by atoms with van der Waals surface area (Å²) in [7, 11) is 0. The lowest BCUT2D eigenvalue weighted by Gasteiger charge is -2.33. The molecule has 2 aromatic rings. The Kier molecular flexibility index (Phi) is 6.82. The van der Waals surface area contributed by atoms with Crippen LogP contribution in [0.1, 0.15) is 52.0 Å². The van der Waals surface area contributed by atoms with Crippen molar-refractivity contribution in [2.24, 2.45) is 11.7 Å². The number of hydrogen-bond acceptors (Lipinski definition) is 3. The van der Waals surface area contributed by atoms with Crippen molar-refractivity contribution in [1.82, 2.24) is 4.90 Å². The number of amides is 3. The number of nitrogens with one attached hydrogen (secondary N) is 1. The molecular weight excluding hydrogens is 385 g/mol. The van der Waals surface area contributed by atoms with Gasteiger partial charge in [0.2, 0.25) is 5.91 Å². The predicted molar refractivity (Wildman–Crippen MR) is 113 cm³/mol. The van der Waals surface area contributed by atoms with Gasteiger partial charge in [0.25, 0.3) is 11.8 Å². The zero-order chi connectivity index (χ0) is 21.7. The second-order valence-corrected chi connectivity index (χ2v) is 7.70. The Morgan fingerprint density at radius 2 is 1.87 bits per heavy atom. The molecule has 0 spiro atoms. The summed E-state index contributed by atoms with van der Waals surface area (Å²) < 4.78 is 14.0. The van der Waals surface area contributed by atoms with Crippen molar-refractivity contribution in [2.45, 2.75) is 32.6 Å². The third-order valence-electron chi connectivity index (χ3n) is 5.47. The molecule has 158 valence electrons. The van der Waals surface area contributed by atoms with Crippen molar-refractivity contribution >= 4 is 23.4 Å². The van der Waals surface area contributed by atoms with E-state index in [-0.39, 0.29) is 23.3 Å². The van der Waals surface area contributed by atoms with E-state index in [1.807, 2.05) is 0 Å². The summed E-state index contributed by atoms with van der Waals surface area (Å²) in [6.45, 7) is 2.95. The summed E-state index contributed by atoms with van der Waals surface area (Å²) >= 11 is 0. The molecule has 7 heteroatoms. The number of rotatable bonds is 6. The van der Waals surface area contributed by atoms with Gasteiger partial charge >= 0.3 is 0 Å². The minimum absolute atomic E-state index is 0.0800. The van der Waals surface area contributed by atoms with Gasteiger partial charge in [-0.1, -0.05) is 24.3 Å². The average Bonchev–Trinajstić information content (AvgIpc) is 2.73. The third-order valence-corrected chi connectivity index (χ3v) is 5.47. The number of piperidine rings is 1. The van der Waals surface area contributed by atoms with Crippen molar-refractivity contribution in [3.63, 3.8) is 0 Å². The molecule has 1 saturated heterocycles. The Morgan fingerprint density at radius 3 is 2.60 bits per heavy atom. The normalized spacial score (nSPS) is 16.2. The fourth-order valence-corrected chi connectivity index (χ4v) is 3.84. The summed E-state index contributed by atoms with van der Waals surface area (Å²) in [6, 6.07) is 10.9. The van der Waals surface area contributed by atoms with Crippen LogP contribution in [0, 0.1) is 18.7 Å². The van der Waals surface area contributed by atoms with Gasteiger partial charge in [-0.05, 0) is 55.9 Å². The van der Waals surface area contributed by atoms with E-state index in [0.717, 1.165) is 12.8 Å². The smallest absolute Gasteiger partial charge is 0.258 e. The first kappa shape index (κ1) is 21.5. The van der Waals surface area contributed by atoms with Crippen LogP contribution >= 0.6 is 0 Å². The van der Waals surface area contributed by atoms with E-state index < -0.39 is 11.7 Å². The molecule has 3 amide bonds. The molecule has 2 aromatic carbocycles. The number of para-hydroxylation sites is 1. The number of nitrogens with two attached hydrogens (primary N) is 1. The summed E-state index contributed by atoms with van der Waals surface area (Å²) in [5.41, 5.74) is 6.64. The summed E-state index contributed by atoms with van der Waals surface area (Å²) in [5, 5.41) is 2.72. The number of halogens is 1. The molecule has 0 saturated carbocycles. The van der Waals surface area contributed by atoms with Gasteiger partial charge in [-0.3, -0.25) is 14.4 Å². The maximum absolute atomic E-state index is 14.0. The number of benzene rings is 2. The number of nitrogens with zero attached hydrogens (tertiary/aromatic N) is 1. The molecule has 1 heterocycles. The third kappa shape index (κ3) is 5.03. The highest BCUT2D eigenvalue weighted by molar-refractivity contribution is 6.09. The van der Waals surface area contributed by atoms with Crippen LogP contribution in [-0.4, -0.2) is 35.7 Å². The highest BCUT2D eigenvalue weighted by atomic mass is 19.1. The number of hydrogen-bond donors (Lipinski definition) is 2. The lowest BCUT2D eigenvalue weighted by molar-refractivity contribution is -0.118. The van der Waals surface area contributed by atoms with Crippen LogP contribution < -0.4 is 11.1 Å². The number of carbonyl (C=O) groups is 3. The lowest BCUT2D eigenvalue weighted by atomic mass is 9.92. The van der Waals surface area contributed by atoms with Crippen LogP contribution in [0.5, 0.6) is 0 Å². The molecule has 0 radical (unpaired) electrons. The van der Waals surface area contributed by atoms with E-state index in [4.69, 9.17) is 5.73 Å². The first-order chi connectivity index (χ1) is 14.4. The molecular formula is C23H26FN3O3. The molecule has 0 aromatic heterocycles. The Balaban J connectivity index is 1.80. The quantitative estimate of drug-likeness (QED) is 0.762. The molecule has 1 aliphatic rings. The van der Waals surface area contributed by atoms with Gasteiger partial charge in [0, 0.05) is 19.5 Å². The molecule has 30 heavy (non-hydrogen) atoms. The number of anilines is 1. The van der Waals surface area contributed by atoms with Crippen molar-refractivity contribution < 1.29 is 18.8 Å². The average molecular weight is 411 g/mol. The first-order valence-corrected chi connectivity index (χ1v) is 10.1. The van der Waals surface area contributed by atoms with E-state index in [0.29, 0.717) is 42.7 Å². The second kappa shape index (κ2) is 9.52. The zero-order valence-electron chi connectivity index (χ0n) is 17.0. The van der Waals surface area contributed by atoms with Gasteiger partial charge in [0.05, 0.1) is 16.8 Å². The molecule has 3 N–H and O–H groups in total. The topological polar surface area (TPSA) is 92.5 Å². The van der Waals surface area contributed by atoms with Crippen LogP contribution in [0.25, 0.3) is 0 Å². The fourth-order valence-electron chi connectivity index (χ4n) is 3.84. The highest BCUT2D eigenvalue weighted by Gasteiger charge is 2.27. The van der Waals surface area contributed by atoms with Gasteiger partial charge in [0.15, 0.2) is 0 Å². The lowest BCUT2D eigenvalue weighted by Crippen LogP contribution is -2.40. The van der Waals surface area contributed by atoms with E-state index >= 15 is 0 Å². The highest BCUT2D eigenvalue weighted by Crippen LogP contribution is 2.27. The van der Waals surface area contributed by atoms with Crippen LogP contribution in [0.3, 0.4) is 0 Å².